The highest BCUT2D eigenvalue weighted by Crippen LogP contribution is 2.22. The summed E-state index contributed by atoms with van der Waals surface area (Å²) in [5.41, 5.74) is 2.17. The van der Waals surface area contributed by atoms with Gasteiger partial charge in [-0.1, -0.05) is 24.3 Å². The smallest absolute Gasteiger partial charge is 0.191 e. The maximum Gasteiger partial charge on any atom is 0.191 e. The number of aliphatic imine (C=N–C) groups is 1. The number of guanidine groups is 1. The molecule has 27 heavy (non-hydrogen) atoms. The van der Waals surface area contributed by atoms with E-state index in [4.69, 9.17) is 9.98 Å². The Morgan fingerprint density at radius 3 is 2.67 bits per heavy atom. The number of fused-ring (bicyclic) bond motifs is 1. The Bertz CT molecular complexity index is 877. The summed E-state index contributed by atoms with van der Waals surface area (Å²) in [5.74, 6) is 1.78. The predicted molar refractivity (Wildman–Crippen MR) is 127 cm³/mol. The van der Waals surface area contributed by atoms with E-state index in [1.165, 1.54) is 10.4 Å². The van der Waals surface area contributed by atoms with Gasteiger partial charge in [0.1, 0.15) is 5.82 Å². The first-order valence-corrected chi connectivity index (χ1v) is 9.66. The van der Waals surface area contributed by atoms with Crippen LogP contribution in [0.5, 0.6) is 0 Å². The second kappa shape index (κ2) is 10.5. The van der Waals surface area contributed by atoms with Gasteiger partial charge in [0.15, 0.2) is 5.96 Å². The van der Waals surface area contributed by atoms with Crippen LogP contribution in [-0.2, 0) is 13.1 Å². The highest BCUT2D eigenvalue weighted by atomic mass is 127. The van der Waals surface area contributed by atoms with Gasteiger partial charge < -0.3 is 15.5 Å². The Morgan fingerprint density at radius 1 is 1.15 bits per heavy atom. The van der Waals surface area contributed by atoms with Gasteiger partial charge in [0.05, 0.1) is 18.6 Å². The van der Waals surface area contributed by atoms with Crippen LogP contribution in [-0.4, -0.2) is 31.6 Å². The number of rotatable bonds is 6. The zero-order chi connectivity index (χ0) is 18.4. The molecular formula is C20H26IN5S. The zero-order valence-corrected chi connectivity index (χ0v) is 19.0. The van der Waals surface area contributed by atoms with E-state index >= 15 is 0 Å². The van der Waals surface area contributed by atoms with E-state index in [2.05, 4.69) is 53.3 Å². The number of thiophene rings is 1. The molecule has 0 saturated heterocycles. The molecule has 0 aliphatic carbocycles. The van der Waals surface area contributed by atoms with Crippen molar-refractivity contribution >= 4 is 58.0 Å². The molecule has 0 saturated carbocycles. The van der Waals surface area contributed by atoms with Crippen molar-refractivity contribution in [3.8, 4) is 0 Å². The van der Waals surface area contributed by atoms with Crippen LogP contribution in [0.4, 0.5) is 5.82 Å². The van der Waals surface area contributed by atoms with E-state index in [0.29, 0.717) is 6.54 Å². The van der Waals surface area contributed by atoms with Crippen molar-refractivity contribution in [2.45, 2.75) is 20.0 Å². The Balaban J connectivity index is 0.00000261. The fourth-order valence-corrected chi connectivity index (χ4v) is 3.33. The molecule has 0 fully saturated rings. The number of benzene rings is 1. The molecule has 0 bridgehead atoms. The van der Waals surface area contributed by atoms with Crippen LogP contribution in [0.2, 0.25) is 0 Å². The molecule has 0 atom stereocenters. The maximum absolute atomic E-state index is 4.79. The Hall–Kier alpha value is -1.87. The third kappa shape index (κ3) is 5.80. The summed E-state index contributed by atoms with van der Waals surface area (Å²) in [5, 5.41) is 9.96. The van der Waals surface area contributed by atoms with E-state index in [-0.39, 0.29) is 24.0 Å². The van der Waals surface area contributed by atoms with Gasteiger partial charge in [0.25, 0.3) is 0 Å². The molecule has 0 amide bonds. The molecule has 3 rings (SSSR count). The minimum absolute atomic E-state index is 0. The molecule has 2 aromatic heterocycles. The van der Waals surface area contributed by atoms with Crippen LogP contribution in [0.1, 0.15) is 17.4 Å². The third-order valence-corrected chi connectivity index (χ3v) is 4.88. The minimum atomic E-state index is 0. The highest BCUT2D eigenvalue weighted by Gasteiger charge is 2.07. The van der Waals surface area contributed by atoms with Crippen LogP contribution in [0, 0.1) is 0 Å². The lowest BCUT2D eigenvalue weighted by Gasteiger charge is -2.15. The molecule has 0 aliphatic heterocycles. The molecule has 144 valence electrons. The summed E-state index contributed by atoms with van der Waals surface area (Å²) < 4.78 is 0. The van der Waals surface area contributed by atoms with Crippen molar-refractivity contribution in [1.82, 2.24) is 15.6 Å². The average molecular weight is 495 g/mol. The summed E-state index contributed by atoms with van der Waals surface area (Å²) in [6, 6.07) is 14.5. The Labute approximate surface area is 181 Å². The second-order valence-electron chi connectivity index (χ2n) is 6.18. The van der Waals surface area contributed by atoms with Gasteiger partial charge in [-0.2, -0.15) is 0 Å². The van der Waals surface area contributed by atoms with Gasteiger partial charge in [-0.05, 0) is 36.1 Å². The topological polar surface area (TPSA) is 52.6 Å². The van der Waals surface area contributed by atoms with Gasteiger partial charge in [-0.15, -0.1) is 35.3 Å². The molecule has 5 nitrogen and oxygen atoms in total. The second-order valence-corrected chi connectivity index (χ2v) is 7.21. The molecule has 0 radical (unpaired) electrons. The molecule has 1 aromatic carbocycles. The first-order valence-electron chi connectivity index (χ1n) is 8.78. The summed E-state index contributed by atoms with van der Waals surface area (Å²) in [6.45, 7) is 4.29. The number of anilines is 1. The fourth-order valence-electron chi connectivity index (χ4n) is 2.68. The number of nitrogens with zero attached hydrogens (tertiary/aromatic N) is 3. The molecule has 0 aliphatic rings. The van der Waals surface area contributed by atoms with Gasteiger partial charge in [-0.25, -0.2) is 9.98 Å². The molecule has 0 spiro atoms. The van der Waals surface area contributed by atoms with Crippen molar-refractivity contribution in [2.24, 2.45) is 4.99 Å². The highest BCUT2D eigenvalue weighted by molar-refractivity contribution is 14.0. The molecule has 2 heterocycles. The number of hydrogen-bond donors (Lipinski definition) is 2. The van der Waals surface area contributed by atoms with Gasteiger partial charge in [-0.3, -0.25) is 0 Å². The van der Waals surface area contributed by atoms with Crippen molar-refractivity contribution in [3.05, 3.63) is 58.3 Å². The van der Waals surface area contributed by atoms with Crippen molar-refractivity contribution in [3.63, 3.8) is 0 Å². The van der Waals surface area contributed by atoms with Crippen LogP contribution in [0.3, 0.4) is 0 Å². The van der Waals surface area contributed by atoms with E-state index in [1.54, 1.807) is 11.3 Å². The fraction of sp³-hybridized carbons (Fsp3) is 0.300. The first kappa shape index (κ1) is 21.4. The number of nitrogens with one attached hydrogen (secondary N) is 2. The average Bonchev–Trinajstić information content (AvgIpc) is 3.17. The summed E-state index contributed by atoms with van der Waals surface area (Å²) in [4.78, 5) is 12.8. The molecule has 3 aromatic rings. The largest absolute Gasteiger partial charge is 0.363 e. The van der Waals surface area contributed by atoms with Crippen molar-refractivity contribution in [2.75, 3.05) is 25.5 Å². The van der Waals surface area contributed by atoms with Gasteiger partial charge in [0.2, 0.25) is 0 Å². The normalized spacial score (nSPS) is 11.1. The van der Waals surface area contributed by atoms with Crippen LogP contribution in [0.25, 0.3) is 10.9 Å². The molecular weight excluding hydrogens is 469 g/mol. The monoisotopic (exact) mass is 495 g/mol. The summed E-state index contributed by atoms with van der Waals surface area (Å²) in [6.07, 6.45) is 0. The van der Waals surface area contributed by atoms with E-state index in [0.717, 1.165) is 35.8 Å². The Kier molecular flexibility index (Phi) is 8.30. The quantitative estimate of drug-likeness (QED) is 0.305. The van der Waals surface area contributed by atoms with Crippen LogP contribution >= 0.6 is 35.3 Å². The van der Waals surface area contributed by atoms with Crippen molar-refractivity contribution < 1.29 is 0 Å². The Morgan fingerprint density at radius 2 is 1.96 bits per heavy atom. The van der Waals surface area contributed by atoms with E-state index < -0.39 is 0 Å². The lowest BCUT2D eigenvalue weighted by molar-refractivity contribution is 0.824. The zero-order valence-electron chi connectivity index (χ0n) is 15.9. The summed E-state index contributed by atoms with van der Waals surface area (Å²) in [7, 11) is 4.02. The number of pyridine rings is 1. The predicted octanol–water partition coefficient (Wildman–Crippen LogP) is 4.24. The molecule has 0 unspecified atom stereocenters. The number of para-hydroxylation sites is 1. The van der Waals surface area contributed by atoms with Gasteiger partial charge >= 0.3 is 0 Å². The number of halogens is 1. The molecule has 2 N–H and O–H groups in total. The van der Waals surface area contributed by atoms with Crippen LogP contribution in [0.15, 0.2) is 52.8 Å². The SMILES string of the molecule is CCNC(=NCc1cc(N(C)C)nc2ccccc12)NCc1cccs1.I. The number of hydrogen-bond acceptors (Lipinski definition) is 4. The van der Waals surface area contributed by atoms with Gasteiger partial charge in [0, 0.05) is 30.9 Å². The standard InChI is InChI=1S/C20H25N5S.HI/c1-4-21-20(23-14-16-8-7-11-26-16)22-13-15-12-19(25(2)3)24-18-10-6-5-9-17(15)18;/h5-12H,4,13-14H2,1-3H3,(H2,21,22,23);1H. The maximum atomic E-state index is 4.79. The minimum Gasteiger partial charge on any atom is -0.363 e. The lowest BCUT2D eigenvalue weighted by atomic mass is 10.1. The van der Waals surface area contributed by atoms with Crippen molar-refractivity contribution in [1.29, 1.82) is 0 Å². The third-order valence-electron chi connectivity index (χ3n) is 4.01. The summed E-state index contributed by atoms with van der Waals surface area (Å²) >= 11 is 1.75. The first-order chi connectivity index (χ1) is 12.7. The number of aromatic nitrogens is 1. The lowest BCUT2D eigenvalue weighted by Crippen LogP contribution is -2.36. The van der Waals surface area contributed by atoms with E-state index in [1.807, 2.05) is 31.1 Å². The van der Waals surface area contributed by atoms with E-state index in [9.17, 15) is 0 Å². The van der Waals surface area contributed by atoms with Crippen LogP contribution < -0.4 is 15.5 Å². The molecule has 7 heteroatoms.